The molecule has 2 aromatic heterocycles. The highest BCUT2D eigenvalue weighted by Crippen LogP contribution is 2.39. The normalized spacial score (nSPS) is 21.5. The fourth-order valence-corrected chi connectivity index (χ4v) is 2.33. The van der Waals surface area contributed by atoms with Gasteiger partial charge in [0.15, 0.2) is 0 Å². The van der Waals surface area contributed by atoms with Crippen molar-refractivity contribution < 1.29 is 9.21 Å². The average molecular weight is 274 g/mol. The Bertz CT molecular complexity index is 644. The molecule has 1 aliphatic heterocycles. The fraction of sp³-hybridized carbons (Fsp3) is 0.500. The first-order valence-electron chi connectivity index (χ1n) is 6.68. The molecule has 1 saturated carbocycles. The number of carbonyl (C=O) groups is 1. The standard InChI is InChI=1S/C12H14N6O2/c19-10(8-3-7-9(4-13-8)15-5-14-7)16-12-18-17-11(20-12)6-1-2-6/h5-6,8,13H,1-4H2,(H,14,15)(H,16,18,19). The number of amides is 1. The van der Waals surface area contributed by atoms with Gasteiger partial charge in [0.2, 0.25) is 11.8 Å². The Morgan fingerprint density at radius 1 is 1.40 bits per heavy atom. The van der Waals surface area contributed by atoms with Crippen molar-refractivity contribution in [1.82, 2.24) is 25.5 Å². The van der Waals surface area contributed by atoms with Crippen molar-refractivity contribution >= 4 is 11.9 Å². The number of aromatic nitrogens is 4. The summed E-state index contributed by atoms with van der Waals surface area (Å²) in [5.74, 6) is 0.823. The number of rotatable bonds is 3. The quantitative estimate of drug-likeness (QED) is 0.744. The van der Waals surface area contributed by atoms with Gasteiger partial charge < -0.3 is 9.40 Å². The third kappa shape index (κ3) is 2.07. The van der Waals surface area contributed by atoms with E-state index in [-0.39, 0.29) is 18.0 Å². The van der Waals surface area contributed by atoms with Gasteiger partial charge in [0.05, 0.1) is 23.8 Å². The highest BCUT2D eigenvalue weighted by atomic mass is 16.4. The number of hydrogen-bond acceptors (Lipinski definition) is 6. The minimum atomic E-state index is -0.331. The lowest BCUT2D eigenvalue weighted by atomic mass is 10.1. The summed E-state index contributed by atoms with van der Waals surface area (Å²) in [5, 5.41) is 13.6. The van der Waals surface area contributed by atoms with Crippen LogP contribution in [0.3, 0.4) is 0 Å². The Balaban J connectivity index is 1.42. The summed E-state index contributed by atoms with van der Waals surface area (Å²) in [5.41, 5.74) is 1.95. The Kier molecular flexibility index (Phi) is 2.56. The molecule has 0 aromatic carbocycles. The molecule has 8 nitrogen and oxygen atoms in total. The first-order valence-corrected chi connectivity index (χ1v) is 6.68. The zero-order chi connectivity index (χ0) is 13.5. The molecule has 1 aliphatic carbocycles. The first-order chi connectivity index (χ1) is 9.79. The van der Waals surface area contributed by atoms with Crippen LogP contribution in [0.15, 0.2) is 10.7 Å². The van der Waals surface area contributed by atoms with Crippen LogP contribution in [-0.4, -0.2) is 32.1 Å². The Morgan fingerprint density at radius 2 is 2.30 bits per heavy atom. The van der Waals surface area contributed by atoms with E-state index in [2.05, 4.69) is 30.8 Å². The second kappa shape index (κ2) is 4.41. The predicted octanol–water partition coefficient (Wildman–Crippen LogP) is 0.323. The van der Waals surface area contributed by atoms with E-state index in [0.717, 1.165) is 24.2 Å². The van der Waals surface area contributed by atoms with Gasteiger partial charge in [-0.25, -0.2) is 4.98 Å². The molecule has 8 heteroatoms. The molecule has 0 bridgehead atoms. The third-order valence-corrected chi connectivity index (χ3v) is 3.64. The van der Waals surface area contributed by atoms with E-state index in [1.54, 1.807) is 6.33 Å². The van der Waals surface area contributed by atoms with Crippen LogP contribution in [0.5, 0.6) is 0 Å². The molecule has 4 rings (SSSR count). The summed E-state index contributed by atoms with van der Waals surface area (Å²) >= 11 is 0. The molecule has 3 heterocycles. The molecule has 104 valence electrons. The molecule has 1 amide bonds. The summed E-state index contributed by atoms with van der Waals surface area (Å²) in [6.45, 7) is 0.602. The van der Waals surface area contributed by atoms with Crippen LogP contribution >= 0.6 is 0 Å². The molecule has 0 spiro atoms. The van der Waals surface area contributed by atoms with Crippen molar-refractivity contribution in [1.29, 1.82) is 0 Å². The van der Waals surface area contributed by atoms with Gasteiger partial charge in [0.1, 0.15) is 0 Å². The molecule has 20 heavy (non-hydrogen) atoms. The maximum Gasteiger partial charge on any atom is 0.322 e. The van der Waals surface area contributed by atoms with Crippen LogP contribution in [-0.2, 0) is 17.8 Å². The highest BCUT2D eigenvalue weighted by molar-refractivity contribution is 5.93. The van der Waals surface area contributed by atoms with Crippen molar-refractivity contribution in [2.75, 3.05) is 5.32 Å². The van der Waals surface area contributed by atoms with Gasteiger partial charge in [0.25, 0.3) is 0 Å². The Morgan fingerprint density at radius 3 is 3.15 bits per heavy atom. The summed E-state index contributed by atoms with van der Waals surface area (Å²) in [6.07, 6.45) is 4.37. The van der Waals surface area contributed by atoms with Gasteiger partial charge in [-0.15, -0.1) is 5.10 Å². The van der Waals surface area contributed by atoms with Crippen molar-refractivity contribution in [3.8, 4) is 0 Å². The zero-order valence-electron chi connectivity index (χ0n) is 10.7. The predicted molar refractivity (Wildman–Crippen MR) is 67.8 cm³/mol. The molecule has 0 saturated heterocycles. The van der Waals surface area contributed by atoms with Gasteiger partial charge >= 0.3 is 6.01 Å². The number of H-pyrrole nitrogens is 1. The number of fused-ring (bicyclic) bond motifs is 1. The molecular formula is C12H14N6O2. The van der Waals surface area contributed by atoms with Gasteiger partial charge in [-0.3, -0.25) is 15.4 Å². The average Bonchev–Trinajstić information content (AvgIpc) is 3.02. The number of anilines is 1. The Labute approximate surface area is 114 Å². The van der Waals surface area contributed by atoms with Gasteiger partial charge in [-0.1, -0.05) is 5.10 Å². The molecule has 2 aromatic rings. The van der Waals surface area contributed by atoms with Crippen LogP contribution in [0.25, 0.3) is 0 Å². The Hall–Kier alpha value is -2.22. The van der Waals surface area contributed by atoms with Crippen molar-refractivity contribution in [2.45, 2.75) is 37.8 Å². The summed E-state index contributed by atoms with van der Waals surface area (Å²) in [6, 6.07) is -0.159. The molecule has 2 aliphatic rings. The number of aromatic amines is 1. The van der Waals surface area contributed by atoms with Gasteiger partial charge in [0, 0.05) is 18.9 Å². The van der Waals surface area contributed by atoms with Crippen molar-refractivity contribution in [2.24, 2.45) is 0 Å². The number of nitrogens with one attached hydrogen (secondary N) is 3. The van der Waals surface area contributed by atoms with Gasteiger partial charge in [-0.2, -0.15) is 0 Å². The van der Waals surface area contributed by atoms with Crippen LogP contribution in [0.2, 0.25) is 0 Å². The maximum atomic E-state index is 12.2. The van der Waals surface area contributed by atoms with E-state index >= 15 is 0 Å². The fourth-order valence-electron chi connectivity index (χ4n) is 2.33. The molecular weight excluding hydrogens is 260 g/mol. The molecule has 0 radical (unpaired) electrons. The second-order valence-electron chi connectivity index (χ2n) is 5.17. The van der Waals surface area contributed by atoms with E-state index < -0.39 is 0 Å². The van der Waals surface area contributed by atoms with Crippen LogP contribution in [0.4, 0.5) is 6.01 Å². The van der Waals surface area contributed by atoms with Crippen molar-refractivity contribution in [3.63, 3.8) is 0 Å². The van der Waals surface area contributed by atoms with Crippen LogP contribution < -0.4 is 10.6 Å². The van der Waals surface area contributed by atoms with E-state index in [0.29, 0.717) is 24.8 Å². The summed E-state index contributed by atoms with van der Waals surface area (Å²) in [4.78, 5) is 19.4. The van der Waals surface area contributed by atoms with E-state index in [1.807, 2.05) is 0 Å². The molecule has 3 N–H and O–H groups in total. The van der Waals surface area contributed by atoms with Crippen LogP contribution in [0.1, 0.15) is 36.0 Å². The highest BCUT2D eigenvalue weighted by Gasteiger charge is 2.31. The first kappa shape index (κ1) is 11.6. The minimum Gasteiger partial charge on any atom is -0.408 e. The SMILES string of the molecule is O=C(Nc1nnc(C2CC2)o1)C1Cc2nc[nH]c2CN1. The number of hydrogen-bond donors (Lipinski definition) is 3. The van der Waals surface area contributed by atoms with E-state index in [1.165, 1.54) is 0 Å². The maximum absolute atomic E-state index is 12.2. The molecule has 1 atom stereocenters. The largest absolute Gasteiger partial charge is 0.408 e. The lowest BCUT2D eigenvalue weighted by Crippen LogP contribution is -2.44. The van der Waals surface area contributed by atoms with E-state index in [9.17, 15) is 4.79 Å². The van der Waals surface area contributed by atoms with Crippen LogP contribution in [0, 0.1) is 0 Å². The van der Waals surface area contributed by atoms with E-state index in [4.69, 9.17) is 4.42 Å². The summed E-state index contributed by atoms with van der Waals surface area (Å²) < 4.78 is 5.42. The summed E-state index contributed by atoms with van der Waals surface area (Å²) in [7, 11) is 0. The monoisotopic (exact) mass is 274 g/mol. The third-order valence-electron chi connectivity index (χ3n) is 3.64. The van der Waals surface area contributed by atoms with Gasteiger partial charge in [-0.05, 0) is 12.8 Å². The number of carbonyl (C=O) groups excluding carboxylic acids is 1. The molecule has 1 unspecified atom stereocenters. The number of nitrogens with zero attached hydrogens (tertiary/aromatic N) is 3. The molecule has 1 fully saturated rings. The van der Waals surface area contributed by atoms with Crippen molar-refractivity contribution in [3.05, 3.63) is 23.6 Å². The number of imidazole rings is 1. The minimum absolute atomic E-state index is 0.173. The smallest absolute Gasteiger partial charge is 0.322 e. The lowest BCUT2D eigenvalue weighted by molar-refractivity contribution is -0.118. The lowest BCUT2D eigenvalue weighted by Gasteiger charge is -2.21. The zero-order valence-corrected chi connectivity index (χ0v) is 10.7. The topological polar surface area (TPSA) is 109 Å². The second-order valence-corrected chi connectivity index (χ2v) is 5.17.